The second-order valence-electron chi connectivity index (χ2n) is 2.37. The highest BCUT2D eigenvalue weighted by Crippen LogP contribution is 2.08. The summed E-state index contributed by atoms with van der Waals surface area (Å²) in [4.78, 5) is 3.82. The monoisotopic (exact) mass is 147 g/mol. The van der Waals surface area contributed by atoms with E-state index in [1.54, 1.807) is 12.3 Å². The summed E-state index contributed by atoms with van der Waals surface area (Å²) < 4.78 is 0. The maximum Gasteiger partial charge on any atom is 0.140 e. The first kappa shape index (κ1) is 7.70. The van der Waals surface area contributed by atoms with Crippen LogP contribution in [0.5, 0.6) is 0 Å². The van der Waals surface area contributed by atoms with Gasteiger partial charge >= 0.3 is 0 Å². The van der Waals surface area contributed by atoms with Crippen molar-refractivity contribution in [3.05, 3.63) is 29.6 Å². The summed E-state index contributed by atoms with van der Waals surface area (Å²) in [5.74, 6) is 0. The molecule has 1 atom stereocenters. The van der Waals surface area contributed by atoms with E-state index < -0.39 is 0 Å². The van der Waals surface area contributed by atoms with Gasteiger partial charge in [-0.3, -0.25) is 0 Å². The molecule has 0 aliphatic heterocycles. The van der Waals surface area contributed by atoms with Gasteiger partial charge in [0.1, 0.15) is 11.8 Å². The van der Waals surface area contributed by atoms with Crippen LogP contribution in [0.25, 0.3) is 0 Å². The second-order valence-corrected chi connectivity index (χ2v) is 2.37. The van der Waals surface area contributed by atoms with E-state index in [2.05, 4.69) is 4.98 Å². The molecule has 3 nitrogen and oxygen atoms in total. The molecular weight excluding hydrogens is 138 g/mol. The molecule has 1 heterocycles. The number of nitrogens with zero attached hydrogens (tertiary/aromatic N) is 2. The van der Waals surface area contributed by atoms with Crippen molar-refractivity contribution in [2.24, 2.45) is 5.73 Å². The van der Waals surface area contributed by atoms with Crippen LogP contribution < -0.4 is 5.73 Å². The first-order valence-electron chi connectivity index (χ1n) is 3.35. The fourth-order valence-corrected chi connectivity index (χ4v) is 0.791. The lowest BCUT2D eigenvalue weighted by Gasteiger charge is -2.03. The maximum absolute atomic E-state index is 8.49. The number of hydrogen-bond donors (Lipinski definition) is 1. The van der Waals surface area contributed by atoms with E-state index in [0.717, 1.165) is 5.56 Å². The summed E-state index contributed by atoms with van der Waals surface area (Å²) >= 11 is 0. The van der Waals surface area contributed by atoms with Crippen molar-refractivity contribution < 1.29 is 0 Å². The molecule has 0 aromatic carbocycles. The Morgan fingerprint density at radius 3 is 3.00 bits per heavy atom. The van der Waals surface area contributed by atoms with Crippen molar-refractivity contribution in [1.82, 2.24) is 4.98 Å². The molecule has 0 spiro atoms. The van der Waals surface area contributed by atoms with Crippen LogP contribution in [0.15, 0.2) is 18.3 Å². The van der Waals surface area contributed by atoms with Crippen molar-refractivity contribution in [2.45, 2.75) is 13.0 Å². The highest BCUT2D eigenvalue weighted by molar-refractivity contribution is 5.26. The zero-order valence-corrected chi connectivity index (χ0v) is 6.28. The van der Waals surface area contributed by atoms with Crippen LogP contribution in [0, 0.1) is 11.3 Å². The minimum atomic E-state index is -0.0369. The molecule has 0 amide bonds. The van der Waals surface area contributed by atoms with Crippen LogP contribution in [0.2, 0.25) is 0 Å². The predicted octanol–water partition coefficient (Wildman–Crippen LogP) is 0.973. The van der Waals surface area contributed by atoms with Crippen molar-refractivity contribution >= 4 is 0 Å². The number of nitriles is 1. The van der Waals surface area contributed by atoms with Crippen LogP contribution in [-0.4, -0.2) is 4.98 Å². The number of aromatic nitrogens is 1. The summed E-state index contributed by atoms with van der Waals surface area (Å²) in [5.41, 5.74) is 6.96. The van der Waals surface area contributed by atoms with Crippen LogP contribution in [-0.2, 0) is 0 Å². The lowest BCUT2D eigenvalue weighted by Crippen LogP contribution is -2.05. The van der Waals surface area contributed by atoms with Gasteiger partial charge in [0.05, 0.1) is 0 Å². The molecule has 0 bridgehead atoms. The quantitative estimate of drug-likeness (QED) is 0.643. The molecule has 1 aromatic rings. The molecule has 0 saturated heterocycles. The predicted molar refractivity (Wildman–Crippen MR) is 41.6 cm³/mol. The van der Waals surface area contributed by atoms with E-state index in [1.165, 1.54) is 0 Å². The van der Waals surface area contributed by atoms with Gasteiger partial charge in [0.15, 0.2) is 0 Å². The lowest BCUT2D eigenvalue weighted by atomic mass is 10.1. The van der Waals surface area contributed by atoms with Crippen LogP contribution in [0.3, 0.4) is 0 Å². The Morgan fingerprint density at radius 2 is 2.45 bits per heavy atom. The van der Waals surface area contributed by atoms with Crippen molar-refractivity contribution in [3.8, 4) is 6.07 Å². The van der Waals surface area contributed by atoms with E-state index in [0.29, 0.717) is 5.69 Å². The summed E-state index contributed by atoms with van der Waals surface area (Å²) in [6.07, 6.45) is 1.59. The van der Waals surface area contributed by atoms with Gasteiger partial charge in [-0.25, -0.2) is 4.98 Å². The molecule has 0 aliphatic rings. The summed E-state index contributed by atoms with van der Waals surface area (Å²) in [6, 6.07) is 5.43. The smallest absolute Gasteiger partial charge is 0.140 e. The largest absolute Gasteiger partial charge is 0.324 e. The summed E-state index contributed by atoms with van der Waals surface area (Å²) in [5, 5.41) is 8.49. The number of hydrogen-bond acceptors (Lipinski definition) is 3. The Bertz CT molecular complexity index is 286. The molecule has 0 unspecified atom stereocenters. The summed E-state index contributed by atoms with van der Waals surface area (Å²) in [7, 11) is 0. The van der Waals surface area contributed by atoms with Crippen LogP contribution in [0.1, 0.15) is 24.2 Å². The molecule has 0 aliphatic carbocycles. The van der Waals surface area contributed by atoms with Gasteiger partial charge in [0.2, 0.25) is 0 Å². The zero-order valence-electron chi connectivity index (χ0n) is 6.28. The molecule has 2 N–H and O–H groups in total. The molecular formula is C8H9N3. The van der Waals surface area contributed by atoms with Crippen LogP contribution in [0.4, 0.5) is 0 Å². The Labute approximate surface area is 65.5 Å². The lowest BCUT2D eigenvalue weighted by molar-refractivity contribution is 0.814. The van der Waals surface area contributed by atoms with E-state index in [1.807, 2.05) is 19.1 Å². The third kappa shape index (κ3) is 1.76. The van der Waals surface area contributed by atoms with Crippen LogP contribution >= 0.6 is 0 Å². The highest BCUT2D eigenvalue weighted by Gasteiger charge is 1.99. The summed E-state index contributed by atoms with van der Waals surface area (Å²) in [6.45, 7) is 1.87. The minimum Gasteiger partial charge on any atom is -0.324 e. The molecule has 1 rings (SSSR count). The van der Waals surface area contributed by atoms with E-state index in [4.69, 9.17) is 11.0 Å². The Kier molecular flexibility index (Phi) is 2.19. The zero-order chi connectivity index (χ0) is 8.27. The molecule has 3 heteroatoms. The van der Waals surface area contributed by atoms with Gasteiger partial charge in [0, 0.05) is 12.2 Å². The average molecular weight is 147 g/mol. The van der Waals surface area contributed by atoms with Crippen molar-refractivity contribution in [3.63, 3.8) is 0 Å². The fraction of sp³-hybridized carbons (Fsp3) is 0.250. The Balaban J connectivity index is 3.03. The van der Waals surface area contributed by atoms with E-state index >= 15 is 0 Å². The molecule has 1 aromatic heterocycles. The third-order valence-corrected chi connectivity index (χ3v) is 1.42. The van der Waals surface area contributed by atoms with E-state index in [9.17, 15) is 0 Å². The second kappa shape index (κ2) is 3.13. The van der Waals surface area contributed by atoms with Gasteiger partial charge in [-0.2, -0.15) is 5.26 Å². The molecule has 0 radical (unpaired) electrons. The highest BCUT2D eigenvalue weighted by atomic mass is 14.7. The Morgan fingerprint density at radius 1 is 1.73 bits per heavy atom. The topological polar surface area (TPSA) is 62.7 Å². The Hall–Kier alpha value is -1.40. The maximum atomic E-state index is 8.49. The molecule has 56 valence electrons. The molecule has 11 heavy (non-hydrogen) atoms. The third-order valence-electron chi connectivity index (χ3n) is 1.42. The normalized spacial score (nSPS) is 12.1. The SMILES string of the molecule is C[C@@H](N)c1ccnc(C#N)c1. The van der Waals surface area contributed by atoms with Gasteiger partial charge in [-0.1, -0.05) is 0 Å². The number of nitrogens with two attached hydrogens (primary N) is 1. The molecule has 0 fully saturated rings. The van der Waals surface area contributed by atoms with Gasteiger partial charge in [-0.05, 0) is 24.6 Å². The number of pyridine rings is 1. The average Bonchev–Trinajstić information content (AvgIpc) is 2.05. The van der Waals surface area contributed by atoms with Gasteiger partial charge < -0.3 is 5.73 Å². The van der Waals surface area contributed by atoms with Crippen molar-refractivity contribution in [2.75, 3.05) is 0 Å². The van der Waals surface area contributed by atoms with E-state index in [-0.39, 0.29) is 6.04 Å². The van der Waals surface area contributed by atoms with Gasteiger partial charge in [-0.15, -0.1) is 0 Å². The fourth-order valence-electron chi connectivity index (χ4n) is 0.791. The standard InChI is InChI=1S/C8H9N3/c1-6(10)7-2-3-11-8(4-7)5-9/h2-4,6H,10H2,1H3/t6-/m1/s1. The first-order chi connectivity index (χ1) is 5.24. The number of rotatable bonds is 1. The minimum absolute atomic E-state index is 0.0369. The van der Waals surface area contributed by atoms with Gasteiger partial charge in [0.25, 0.3) is 0 Å². The molecule has 0 saturated carbocycles. The first-order valence-corrected chi connectivity index (χ1v) is 3.35. The van der Waals surface area contributed by atoms with Crippen molar-refractivity contribution in [1.29, 1.82) is 5.26 Å².